The van der Waals surface area contributed by atoms with Crippen LogP contribution in [-0.2, 0) is 12.8 Å². The summed E-state index contributed by atoms with van der Waals surface area (Å²) >= 11 is 0. The van der Waals surface area contributed by atoms with Crippen molar-refractivity contribution in [2.24, 2.45) is 5.73 Å². The molecule has 1 aromatic rings. The fourth-order valence-corrected chi connectivity index (χ4v) is 3.45. The van der Waals surface area contributed by atoms with Crippen LogP contribution in [0.15, 0.2) is 0 Å². The molecule has 5 nitrogen and oxygen atoms in total. The lowest BCUT2D eigenvalue weighted by molar-refractivity contribution is 0.409. The Hall–Kier alpha value is -1.36. The van der Waals surface area contributed by atoms with E-state index in [4.69, 9.17) is 15.7 Å². The summed E-state index contributed by atoms with van der Waals surface area (Å²) in [5, 5.41) is 3.54. The second-order valence-electron chi connectivity index (χ2n) is 6.65. The fraction of sp³-hybridized carbons (Fsp3) is 0.750. The third-order valence-electron chi connectivity index (χ3n) is 4.69. The van der Waals surface area contributed by atoms with E-state index < -0.39 is 0 Å². The van der Waals surface area contributed by atoms with Crippen molar-refractivity contribution in [2.45, 2.75) is 63.5 Å². The van der Waals surface area contributed by atoms with Gasteiger partial charge in [-0.3, -0.25) is 0 Å². The Bertz CT molecular complexity index is 492. The van der Waals surface area contributed by atoms with Crippen LogP contribution in [0.3, 0.4) is 0 Å². The molecule has 0 amide bonds. The molecule has 3 rings (SSSR count). The van der Waals surface area contributed by atoms with Crippen LogP contribution in [0.4, 0.5) is 11.8 Å². The Balaban J connectivity index is 1.80. The summed E-state index contributed by atoms with van der Waals surface area (Å²) in [6.07, 6.45) is 9.15. The molecule has 0 atom stereocenters. The van der Waals surface area contributed by atoms with Crippen LogP contribution in [0.5, 0.6) is 0 Å². The number of fused-ring (bicyclic) bond motifs is 1. The summed E-state index contributed by atoms with van der Waals surface area (Å²) in [6.45, 7) is 0. The summed E-state index contributed by atoms with van der Waals surface area (Å²) in [5.41, 5.74) is 8.57. The number of rotatable bonds is 3. The largest absolute Gasteiger partial charge is 0.362 e. The first-order valence-corrected chi connectivity index (χ1v) is 8.22. The number of nitrogens with one attached hydrogen (secondary N) is 1. The van der Waals surface area contributed by atoms with Gasteiger partial charge in [-0.15, -0.1) is 0 Å². The molecule has 1 aromatic heterocycles. The molecule has 21 heavy (non-hydrogen) atoms. The lowest BCUT2D eigenvalue weighted by Gasteiger charge is -2.28. The zero-order valence-corrected chi connectivity index (χ0v) is 13.2. The van der Waals surface area contributed by atoms with Gasteiger partial charge in [-0.2, -0.15) is 4.98 Å². The SMILES string of the molecule is CN(C)c1nc(NC2CCC(N)CC2)nc2c1CCCC2. The first-order valence-electron chi connectivity index (χ1n) is 8.22. The highest BCUT2D eigenvalue weighted by Gasteiger charge is 2.22. The van der Waals surface area contributed by atoms with E-state index in [0.29, 0.717) is 12.1 Å². The number of anilines is 2. The maximum Gasteiger partial charge on any atom is 0.225 e. The topological polar surface area (TPSA) is 67.1 Å². The monoisotopic (exact) mass is 289 g/mol. The standard InChI is InChI=1S/C16H27N5/c1-21(2)15-13-5-3-4-6-14(13)19-16(20-15)18-12-9-7-11(17)8-10-12/h11-12H,3-10,17H2,1-2H3,(H,18,19,20). The molecule has 0 aromatic carbocycles. The van der Waals surface area contributed by atoms with Gasteiger partial charge in [0.15, 0.2) is 0 Å². The Kier molecular flexibility index (Phi) is 4.29. The minimum Gasteiger partial charge on any atom is -0.362 e. The molecule has 0 spiro atoms. The van der Waals surface area contributed by atoms with Crippen LogP contribution >= 0.6 is 0 Å². The van der Waals surface area contributed by atoms with Crippen LogP contribution in [0.1, 0.15) is 49.8 Å². The molecule has 1 heterocycles. The lowest BCUT2D eigenvalue weighted by Crippen LogP contribution is -2.33. The maximum atomic E-state index is 5.98. The number of hydrogen-bond acceptors (Lipinski definition) is 5. The summed E-state index contributed by atoms with van der Waals surface area (Å²) in [5.74, 6) is 1.90. The molecular formula is C16H27N5. The first kappa shape index (κ1) is 14.6. The van der Waals surface area contributed by atoms with E-state index in [1.165, 1.54) is 24.1 Å². The molecule has 0 saturated heterocycles. The summed E-state index contributed by atoms with van der Waals surface area (Å²) in [6, 6.07) is 0.853. The highest BCUT2D eigenvalue weighted by atomic mass is 15.2. The van der Waals surface area contributed by atoms with E-state index in [1.54, 1.807) is 0 Å². The minimum atomic E-state index is 0.379. The normalized spacial score (nSPS) is 25.3. The maximum absolute atomic E-state index is 5.98. The van der Waals surface area contributed by atoms with Gasteiger partial charge in [0, 0.05) is 31.7 Å². The van der Waals surface area contributed by atoms with Gasteiger partial charge < -0.3 is 16.0 Å². The number of hydrogen-bond donors (Lipinski definition) is 2. The smallest absolute Gasteiger partial charge is 0.225 e. The Morgan fingerprint density at radius 1 is 1.05 bits per heavy atom. The molecular weight excluding hydrogens is 262 g/mol. The molecule has 0 bridgehead atoms. The lowest BCUT2D eigenvalue weighted by atomic mass is 9.92. The Labute approximate surface area is 127 Å². The molecule has 0 radical (unpaired) electrons. The van der Waals surface area contributed by atoms with Crippen LogP contribution < -0.4 is 16.0 Å². The second kappa shape index (κ2) is 6.18. The predicted molar refractivity (Wildman–Crippen MR) is 86.9 cm³/mol. The van der Waals surface area contributed by atoms with Crippen molar-refractivity contribution in [3.63, 3.8) is 0 Å². The molecule has 2 aliphatic carbocycles. The van der Waals surface area contributed by atoms with Crippen molar-refractivity contribution in [3.05, 3.63) is 11.3 Å². The van der Waals surface area contributed by atoms with Gasteiger partial charge in [0.25, 0.3) is 0 Å². The average molecular weight is 289 g/mol. The van der Waals surface area contributed by atoms with Gasteiger partial charge in [-0.1, -0.05) is 0 Å². The van der Waals surface area contributed by atoms with Crippen molar-refractivity contribution in [3.8, 4) is 0 Å². The van der Waals surface area contributed by atoms with E-state index in [9.17, 15) is 0 Å². The van der Waals surface area contributed by atoms with Gasteiger partial charge in [-0.25, -0.2) is 4.98 Å². The van der Waals surface area contributed by atoms with Crippen molar-refractivity contribution < 1.29 is 0 Å². The minimum absolute atomic E-state index is 0.379. The van der Waals surface area contributed by atoms with Gasteiger partial charge in [0.05, 0.1) is 5.69 Å². The molecule has 116 valence electrons. The fourth-order valence-electron chi connectivity index (χ4n) is 3.45. The average Bonchev–Trinajstić information content (AvgIpc) is 2.48. The van der Waals surface area contributed by atoms with Crippen LogP contribution in [0, 0.1) is 0 Å². The van der Waals surface area contributed by atoms with Gasteiger partial charge in [0.1, 0.15) is 5.82 Å². The van der Waals surface area contributed by atoms with E-state index in [1.807, 2.05) is 0 Å². The van der Waals surface area contributed by atoms with Crippen LogP contribution in [0.25, 0.3) is 0 Å². The van der Waals surface area contributed by atoms with Gasteiger partial charge >= 0.3 is 0 Å². The van der Waals surface area contributed by atoms with Crippen molar-refractivity contribution in [2.75, 3.05) is 24.3 Å². The molecule has 3 N–H and O–H groups in total. The summed E-state index contributed by atoms with van der Waals surface area (Å²) in [7, 11) is 4.14. The highest BCUT2D eigenvalue weighted by Crippen LogP contribution is 2.29. The summed E-state index contributed by atoms with van der Waals surface area (Å²) in [4.78, 5) is 11.7. The van der Waals surface area contributed by atoms with E-state index >= 15 is 0 Å². The number of aromatic nitrogens is 2. The van der Waals surface area contributed by atoms with Crippen LogP contribution in [-0.4, -0.2) is 36.1 Å². The summed E-state index contributed by atoms with van der Waals surface area (Å²) < 4.78 is 0. The third kappa shape index (κ3) is 3.28. The molecule has 1 saturated carbocycles. The number of aryl methyl sites for hydroxylation is 1. The molecule has 5 heteroatoms. The number of nitrogens with zero attached hydrogens (tertiary/aromatic N) is 3. The molecule has 0 unspecified atom stereocenters. The Morgan fingerprint density at radius 3 is 2.48 bits per heavy atom. The third-order valence-corrected chi connectivity index (χ3v) is 4.69. The molecule has 1 fully saturated rings. The zero-order valence-electron chi connectivity index (χ0n) is 13.2. The van der Waals surface area contributed by atoms with Crippen LogP contribution in [0.2, 0.25) is 0 Å². The quantitative estimate of drug-likeness (QED) is 0.892. The van der Waals surface area contributed by atoms with E-state index in [0.717, 1.165) is 50.3 Å². The van der Waals surface area contributed by atoms with Crippen molar-refractivity contribution in [1.29, 1.82) is 0 Å². The zero-order chi connectivity index (χ0) is 14.8. The molecule has 2 aliphatic rings. The van der Waals surface area contributed by atoms with Crippen molar-refractivity contribution in [1.82, 2.24) is 9.97 Å². The Morgan fingerprint density at radius 2 is 1.76 bits per heavy atom. The highest BCUT2D eigenvalue weighted by molar-refractivity contribution is 5.52. The predicted octanol–water partition coefficient (Wildman–Crippen LogP) is 2.10. The van der Waals surface area contributed by atoms with E-state index in [2.05, 4.69) is 24.3 Å². The first-order chi connectivity index (χ1) is 10.1. The molecule has 0 aliphatic heterocycles. The van der Waals surface area contributed by atoms with Gasteiger partial charge in [-0.05, 0) is 51.4 Å². The second-order valence-corrected chi connectivity index (χ2v) is 6.65. The van der Waals surface area contributed by atoms with Gasteiger partial charge in [0.2, 0.25) is 5.95 Å². The van der Waals surface area contributed by atoms with Crippen molar-refractivity contribution >= 4 is 11.8 Å². The van der Waals surface area contributed by atoms with E-state index in [-0.39, 0.29) is 0 Å². The number of nitrogens with two attached hydrogens (primary N) is 1.